The normalized spacial score (nSPS) is 11.5. The van der Waals surface area contributed by atoms with E-state index in [-0.39, 0.29) is 17.4 Å². The second-order valence-electron chi connectivity index (χ2n) is 1.81. The van der Waals surface area contributed by atoms with Gasteiger partial charge in [-0.15, -0.1) is 12.6 Å². The Morgan fingerprint density at radius 2 is 2.33 bits per heavy atom. The topological polar surface area (TPSA) is 61.5 Å². The van der Waals surface area contributed by atoms with Crippen molar-refractivity contribution in [1.82, 2.24) is 0 Å². The van der Waals surface area contributed by atoms with Gasteiger partial charge in [0.15, 0.2) is 10.8 Å². The largest absolute Gasteiger partial charge is 0.488 e. The lowest BCUT2D eigenvalue weighted by Crippen LogP contribution is -2.16. The summed E-state index contributed by atoms with van der Waals surface area (Å²) in [5.41, 5.74) is 5.13. The van der Waals surface area contributed by atoms with Gasteiger partial charge in [0, 0.05) is 0 Å². The summed E-state index contributed by atoms with van der Waals surface area (Å²) in [6.45, 7) is 3.49. The van der Waals surface area contributed by atoms with E-state index in [1.54, 1.807) is 0 Å². The molecule has 0 fully saturated rings. The second-order valence-corrected chi connectivity index (χ2v) is 2.22. The molecule has 0 aliphatic carbocycles. The van der Waals surface area contributed by atoms with Crippen LogP contribution >= 0.6 is 12.6 Å². The fourth-order valence-corrected chi connectivity index (χ4v) is 0.501. The monoisotopic (exact) mass is 189 g/mol. The first-order chi connectivity index (χ1) is 5.63. The first-order valence-electron chi connectivity index (χ1n) is 3.14. The van der Waals surface area contributed by atoms with E-state index in [0.29, 0.717) is 0 Å². The lowest BCUT2D eigenvalue weighted by atomic mass is 10.5. The van der Waals surface area contributed by atoms with Crippen molar-refractivity contribution in [2.75, 3.05) is 13.7 Å². The van der Waals surface area contributed by atoms with Gasteiger partial charge in [0.05, 0.1) is 7.11 Å². The van der Waals surface area contributed by atoms with Crippen molar-refractivity contribution >= 4 is 18.6 Å². The van der Waals surface area contributed by atoms with Gasteiger partial charge in [-0.3, -0.25) is 0 Å². The van der Waals surface area contributed by atoms with Crippen LogP contribution in [0.2, 0.25) is 0 Å². The average molecular weight is 189 g/mol. The molecular weight excluding hydrogens is 178 g/mol. The fourth-order valence-electron chi connectivity index (χ4n) is 0.410. The van der Waals surface area contributed by atoms with Gasteiger partial charge in [0.2, 0.25) is 0 Å². The Labute approximate surface area is 76.4 Å². The molecule has 0 aromatic rings. The van der Waals surface area contributed by atoms with E-state index in [2.05, 4.69) is 28.7 Å². The molecule has 12 heavy (non-hydrogen) atoms. The Morgan fingerprint density at radius 1 is 1.75 bits per heavy atom. The Kier molecular flexibility index (Phi) is 5.03. The summed E-state index contributed by atoms with van der Waals surface area (Å²) in [5.74, 6) is -0.665. The number of ether oxygens (including phenoxy) is 2. The Balaban J connectivity index is 4.18. The van der Waals surface area contributed by atoms with E-state index in [1.807, 2.05) is 0 Å². The molecule has 0 unspecified atom stereocenters. The molecule has 0 saturated carbocycles. The predicted octanol–water partition coefficient (Wildman–Crippen LogP) is 0.420. The molecule has 0 rings (SSSR count). The minimum atomic E-state index is -0.665. The van der Waals surface area contributed by atoms with Crippen molar-refractivity contribution < 1.29 is 14.3 Å². The maximum absolute atomic E-state index is 10.9. The molecule has 0 heterocycles. The number of thiol groups is 1. The summed E-state index contributed by atoms with van der Waals surface area (Å²) in [4.78, 5) is 10.9. The number of hydrogen-bond acceptors (Lipinski definition) is 5. The van der Waals surface area contributed by atoms with Crippen molar-refractivity contribution in [3.63, 3.8) is 0 Å². The van der Waals surface area contributed by atoms with Gasteiger partial charge >= 0.3 is 5.97 Å². The molecule has 0 aromatic carbocycles. The van der Waals surface area contributed by atoms with Crippen LogP contribution in [0.15, 0.2) is 23.4 Å². The maximum atomic E-state index is 10.9. The molecule has 0 aromatic heterocycles. The minimum Gasteiger partial charge on any atom is -0.488 e. The average Bonchev–Trinajstić information content (AvgIpc) is 2.11. The highest BCUT2D eigenvalue weighted by Gasteiger charge is 2.10. The summed E-state index contributed by atoms with van der Waals surface area (Å²) >= 11 is 3.79. The predicted molar refractivity (Wildman–Crippen MR) is 48.4 cm³/mol. The molecule has 0 saturated heterocycles. The number of carbonyl (C=O) groups is 1. The van der Waals surface area contributed by atoms with Gasteiger partial charge in [-0.1, -0.05) is 12.7 Å². The van der Waals surface area contributed by atoms with Crippen LogP contribution in [-0.2, 0) is 14.3 Å². The number of methoxy groups -OCH3 is 1. The standard InChI is InChI=1S/C7H11NO3S/c1-3-4-11-6(9)5(8)7(12)10-2/h3,12H,1,4,8H2,2H3/b7-5+. The van der Waals surface area contributed by atoms with Gasteiger partial charge in [-0.25, -0.2) is 4.79 Å². The SMILES string of the molecule is C=CCOC(=O)/C(N)=C(\S)OC. The summed E-state index contributed by atoms with van der Waals surface area (Å²) in [5, 5.41) is 0.0454. The van der Waals surface area contributed by atoms with Crippen LogP contribution in [0.3, 0.4) is 0 Å². The summed E-state index contributed by atoms with van der Waals surface area (Å²) in [6, 6.07) is 0. The van der Waals surface area contributed by atoms with Crippen LogP contribution in [0.25, 0.3) is 0 Å². The summed E-state index contributed by atoms with van der Waals surface area (Å²) < 4.78 is 9.21. The van der Waals surface area contributed by atoms with Gasteiger partial charge in [0.1, 0.15) is 6.61 Å². The summed E-state index contributed by atoms with van der Waals surface area (Å²) in [6.07, 6.45) is 1.44. The van der Waals surface area contributed by atoms with Crippen LogP contribution in [0, 0.1) is 0 Å². The smallest absolute Gasteiger partial charge is 0.358 e. The zero-order chi connectivity index (χ0) is 9.56. The van der Waals surface area contributed by atoms with Crippen LogP contribution in [0.5, 0.6) is 0 Å². The highest BCUT2D eigenvalue weighted by Crippen LogP contribution is 2.05. The van der Waals surface area contributed by atoms with E-state index in [9.17, 15) is 4.79 Å². The first kappa shape index (κ1) is 10.9. The van der Waals surface area contributed by atoms with Crippen molar-refractivity contribution in [1.29, 1.82) is 0 Å². The van der Waals surface area contributed by atoms with Crippen LogP contribution in [0.4, 0.5) is 0 Å². The van der Waals surface area contributed by atoms with Gasteiger partial charge < -0.3 is 15.2 Å². The van der Waals surface area contributed by atoms with E-state index < -0.39 is 5.97 Å². The molecule has 4 nitrogen and oxygen atoms in total. The highest BCUT2D eigenvalue weighted by molar-refractivity contribution is 7.84. The quantitative estimate of drug-likeness (QED) is 0.221. The fraction of sp³-hybridized carbons (Fsp3) is 0.286. The minimum absolute atomic E-state index is 0.0454. The number of hydrogen-bond donors (Lipinski definition) is 2. The van der Waals surface area contributed by atoms with Gasteiger partial charge in [-0.2, -0.15) is 0 Å². The number of carbonyl (C=O) groups excluding carboxylic acids is 1. The van der Waals surface area contributed by atoms with Crippen molar-refractivity contribution in [3.05, 3.63) is 23.4 Å². The molecule has 0 radical (unpaired) electrons. The molecule has 0 bridgehead atoms. The molecule has 0 aliphatic heterocycles. The van der Waals surface area contributed by atoms with Gasteiger partial charge in [0.25, 0.3) is 0 Å². The number of nitrogens with two attached hydrogens (primary N) is 1. The van der Waals surface area contributed by atoms with Crippen molar-refractivity contribution in [2.24, 2.45) is 5.73 Å². The molecule has 0 spiro atoms. The number of rotatable bonds is 4. The molecule has 0 atom stereocenters. The first-order valence-corrected chi connectivity index (χ1v) is 3.59. The lowest BCUT2D eigenvalue weighted by Gasteiger charge is -2.04. The van der Waals surface area contributed by atoms with Crippen LogP contribution in [0.1, 0.15) is 0 Å². The van der Waals surface area contributed by atoms with E-state index >= 15 is 0 Å². The zero-order valence-corrected chi connectivity index (χ0v) is 7.64. The lowest BCUT2D eigenvalue weighted by molar-refractivity contribution is -0.138. The number of esters is 1. The molecule has 5 heteroatoms. The molecule has 0 amide bonds. The van der Waals surface area contributed by atoms with Crippen molar-refractivity contribution in [3.8, 4) is 0 Å². The zero-order valence-electron chi connectivity index (χ0n) is 6.74. The third-order valence-corrected chi connectivity index (χ3v) is 1.40. The highest BCUT2D eigenvalue weighted by atomic mass is 32.1. The third-order valence-electron chi connectivity index (χ3n) is 0.976. The molecule has 2 N–H and O–H groups in total. The Hall–Kier alpha value is -1.10. The Morgan fingerprint density at radius 3 is 2.75 bits per heavy atom. The van der Waals surface area contributed by atoms with Crippen LogP contribution < -0.4 is 5.73 Å². The van der Waals surface area contributed by atoms with Gasteiger partial charge in [-0.05, 0) is 0 Å². The molecule has 0 aliphatic rings. The van der Waals surface area contributed by atoms with E-state index in [4.69, 9.17) is 5.73 Å². The summed E-state index contributed by atoms with van der Waals surface area (Å²) in [7, 11) is 1.36. The van der Waals surface area contributed by atoms with Crippen LogP contribution in [-0.4, -0.2) is 19.7 Å². The van der Waals surface area contributed by atoms with E-state index in [1.165, 1.54) is 13.2 Å². The van der Waals surface area contributed by atoms with Crippen molar-refractivity contribution in [2.45, 2.75) is 0 Å². The van der Waals surface area contributed by atoms with E-state index in [0.717, 1.165) is 0 Å². The second kappa shape index (κ2) is 5.54. The Bertz CT molecular complexity index is 213. The molecule has 68 valence electrons. The molecular formula is C7H11NO3S. The maximum Gasteiger partial charge on any atom is 0.358 e. The third kappa shape index (κ3) is 3.34.